The lowest BCUT2D eigenvalue weighted by molar-refractivity contribution is -0.885. The Morgan fingerprint density at radius 2 is 1.79 bits per heavy atom. The van der Waals surface area contributed by atoms with Crippen LogP contribution in [0, 0.1) is 5.92 Å². The molecule has 1 aliphatic heterocycles. The third-order valence-electron chi connectivity index (χ3n) is 6.31. The van der Waals surface area contributed by atoms with Gasteiger partial charge in [-0.15, -0.1) is 0 Å². The van der Waals surface area contributed by atoms with E-state index in [0.29, 0.717) is 11.5 Å². The fraction of sp³-hybridized carbons (Fsp3) is 0.619. The zero-order chi connectivity index (χ0) is 21.0. The van der Waals surface area contributed by atoms with Crippen molar-refractivity contribution in [2.45, 2.75) is 56.4 Å². The molecule has 1 aromatic rings. The van der Waals surface area contributed by atoms with E-state index in [2.05, 4.69) is 24.5 Å². The molecule has 0 spiro atoms. The highest BCUT2D eigenvalue weighted by Crippen LogP contribution is 2.22. The molecule has 1 heterocycles. The Labute approximate surface area is 174 Å². The standard InChI is InChI=1S/C21H32N4O3S/c1-16-6-4-5-7-20(16)22-23-21(26)17-8-10-19(11-9-17)29(27,28)25(3)18-12-14-24(2)15-13-18/h8-11,16,18H,4-7,12-15H2,1-3H3,(H,23,26)/p+1/b22-20-/t16-/m1/s1. The Balaban J connectivity index is 1.65. The van der Waals surface area contributed by atoms with Gasteiger partial charge in [0.15, 0.2) is 0 Å². The van der Waals surface area contributed by atoms with E-state index in [4.69, 9.17) is 0 Å². The molecular weight excluding hydrogens is 388 g/mol. The number of rotatable bonds is 5. The van der Waals surface area contributed by atoms with E-state index in [1.165, 1.54) is 27.8 Å². The molecule has 160 valence electrons. The molecule has 1 aliphatic carbocycles. The van der Waals surface area contributed by atoms with Gasteiger partial charge in [0.25, 0.3) is 5.91 Å². The minimum absolute atomic E-state index is 0.0278. The largest absolute Gasteiger partial charge is 0.337 e. The molecule has 3 rings (SSSR count). The number of benzene rings is 1. The van der Waals surface area contributed by atoms with Crippen LogP contribution in [0.1, 0.15) is 55.8 Å². The van der Waals surface area contributed by atoms with Crippen LogP contribution in [-0.4, -0.2) is 57.6 Å². The van der Waals surface area contributed by atoms with Crippen molar-refractivity contribution in [1.29, 1.82) is 0 Å². The molecule has 2 aliphatic rings. The number of quaternary nitrogens is 1. The van der Waals surface area contributed by atoms with Crippen molar-refractivity contribution in [2.75, 3.05) is 27.2 Å². The molecule has 1 saturated carbocycles. The van der Waals surface area contributed by atoms with Gasteiger partial charge >= 0.3 is 0 Å². The van der Waals surface area contributed by atoms with Crippen LogP contribution in [-0.2, 0) is 10.0 Å². The first-order valence-corrected chi connectivity index (χ1v) is 12.0. The molecule has 0 radical (unpaired) electrons. The Morgan fingerprint density at radius 1 is 1.14 bits per heavy atom. The van der Waals surface area contributed by atoms with Crippen LogP contribution in [0.2, 0.25) is 0 Å². The predicted molar refractivity (Wildman–Crippen MR) is 114 cm³/mol. The number of carbonyl (C=O) groups excluding carboxylic acids is 1. The van der Waals surface area contributed by atoms with Gasteiger partial charge in [0, 0.05) is 37.2 Å². The van der Waals surface area contributed by atoms with E-state index in [0.717, 1.165) is 50.9 Å². The van der Waals surface area contributed by atoms with Crippen LogP contribution in [0.15, 0.2) is 34.3 Å². The topological polar surface area (TPSA) is 83.3 Å². The second-order valence-corrected chi connectivity index (χ2v) is 10.4. The molecule has 0 bridgehead atoms. The Hall–Kier alpha value is -1.77. The summed E-state index contributed by atoms with van der Waals surface area (Å²) in [4.78, 5) is 14.0. The molecule has 1 aromatic carbocycles. The van der Waals surface area contributed by atoms with E-state index >= 15 is 0 Å². The summed E-state index contributed by atoms with van der Waals surface area (Å²) in [5.41, 5.74) is 4.06. The fourth-order valence-corrected chi connectivity index (χ4v) is 5.54. The smallest absolute Gasteiger partial charge is 0.271 e. The van der Waals surface area contributed by atoms with Crippen molar-refractivity contribution in [3.05, 3.63) is 29.8 Å². The maximum Gasteiger partial charge on any atom is 0.271 e. The van der Waals surface area contributed by atoms with E-state index in [9.17, 15) is 13.2 Å². The first kappa shape index (κ1) is 21.9. The highest BCUT2D eigenvalue weighted by Gasteiger charge is 2.31. The maximum absolute atomic E-state index is 13.0. The summed E-state index contributed by atoms with van der Waals surface area (Å²) in [6.07, 6.45) is 6.06. The van der Waals surface area contributed by atoms with Gasteiger partial charge in [0.05, 0.1) is 25.0 Å². The number of hydrazone groups is 1. The molecule has 7 nitrogen and oxygen atoms in total. The van der Waals surface area contributed by atoms with Gasteiger partial charge in [-0.3, -0.25) is 4.79 Å². The summed E-state index contributed by atoms with van der Waals surface area (Å²) in [6.45, 7) is 4.08. The number of nitrogens with zero attached hydrogens (tertiary/aromatic N) is 2. The molecule has 8 heteroatoms. The number of amides is 1. The number of sulfonamides is 1. The van der Waals surface area contributed by atoms with Gasteiger partial charge in [-0.05, 0) is 49.4 Å². The average molecular weight is 422 g/mol. The average Bonchev–Trinajstić information content (AvgIpc) is 2.73. The number of piperidine rings is 1. The molecular formula is C21H33N4O3S+. The van der Waals surface area contributed by atoms with E-state index in [1.54, 1.807) is 19.2 Å². The number of hydrogen-bond donors (Lipinski definition) is 2. The van der Waals surface area contributed by atoms with Crippen LogP contribution < -0.4 is 10.3 Å². The summed E-state index contributed by atoms with van der Waals surface area (Å²) < 4.78 is 27.4. The summed E-state index contributed by atoms with van der Waals surface area (Å²) in [5.74, 6) is 0.0825. The monoisotopic (exact) mass is 421 g/mol. The van der Waals surface area contributed by atoms with E-state index in [-0.39, 0.29) is 16.8 Å². The highest BCUT2D eigenvalue weighted by atomic mass is 32.2. The molecule has 0 aromatic heterocycles. The fourth-order valence-electron chi connectivity index (χ4n) is 4.12. The van der Waals surface area contributed by atoms with Crippen LogP contribution in [0.25, 0.3) is 0 Å². The normalized spacial score (nSPS) is 27.2. The third-order valence-corrected chi connectivity index (χ3v) is 8.23. The second-order valence-electron chi connectivity index (χ2n) is 8.42. The molecule has 1 atom stereocenters. The predicted octanol–water partition coefficient (Wildman–Crippen LogP) is 1.28. The van der Waals surface area contributed by atoms with Crippen LogP contribution in [0.4, 0.5) is 0 Å². The number of likely N-dealkylation sites (tertiary alicyclic amines) is 1. The van der Waals surface area contributed by atoms with Gasteiger partial charge < -0.3 is 4.90 Å². The summed E-state index contributed by atoms with van der Waals surface area (Å²) in [6, 6.07) is 6.16. The quantitative estimate of drug-likeness (QED) is 0.703. The molecule has 1 saturated heterocycles. The number of nitrogens with one attached hydrogen (secondary N) is 2. The SMILES string of the molecule is C[C@@H]1CCCC/C1=N/NC(=O)c1ccc(S(=O)(=O)N(C)C2CC[NH+](C)CC2)cc1. The molecule has 0 unspecified atom stereocenters. The summed E-state index contributed by atoms with van der Waals surface area (Å²) in [7, 11) is 0.218. The van der Waals surface area contributed by atoms with E-state index in [1.807, 2.05) is 0 Å². The first-order chi connectivity index (χ1) is 13.8. The minimum Gasteiger partial charge on any atom is -0.337 e. The molecule has 29 heavy (non-hydrogen) atoms. The van der Waals surface area contributed by atoms with Crippen molar-refractivity contribution < 1.29 is 18.1 Å². The van der Waals surface area contributed by atoms with Crippen molar-refractivity contribution in [3.63, 3.8) is 0 Å². The van der Waals surface area contributed by atoms with Crippen LogP contribution in [0.5, 0.6) is 0 Å². The van der Waals surface area contributed by atoms with Crippen molar-refractivity contribution in [3.8, 4) is 0 Å². The summed E-state index contributed by atoms with van der Waals surface area (Å²) in [5, 5.41) is 4.30. The zero-order valence-electron chi connectivity index (χ0n) is 17.6. The third kappa shape index (κ3) is 5.24. The number of hydrogen-bond acceptors (Lipinski definition) is 4. The highest BCUT2D eigenvalue weighted by molar-refractivity contribution is 7.89. The number of carbonyl (C=O) groups is 1. The molecule has 1 amide bonds. The van der Waals surface area contributed by atoms with Gasteiger partial charge in [-0.25, -0.2) is 13.8 Å². The Morgan fingerprint density at radius 3 is 2.41 bits per heavy atom. The van der Waals surface area contributed by atoms with Crippen molar-refractivity contribution in [1.82, 2.24) is 9.73 Å². The Kier molecular flexibility index (Phi) is 7.08. The lowest BCUT2D eigenvalue weighted by Crippen LogP contribution is -3.10. The van der Waals surface area contributed by atoms with Crippen molar-refractivity contribution >= 4 is 21.6 Å². The maximum atomic E-state index is 13.0. The van der Waals surface area contributed by atoms with Gasteiger partial charge in [-0.1, -0.05) is 13.3 Å². The zero-order valence-corrected chi connectivity index (χ0v) is 18.5. The Bertz CT molecular complexity index is 843. The lowest BCUT2D eigenvalue weighted by atomic mass is 9.89. The van der Waals surface area contributed by atoms with E-state index < -0.39 is 10.0 Å². The minimum atomic E-state index is -3.57. The van der Waals surface area contributed by atoms with Crippen molar-refractivity contribution in [2.24, 2.45) is 11.0 Å². The van der Waals surface area contributed by atoms with Crippen LogP contribution >= 0.6 is 0 Å². The van der Waals surface area contributed by atoms with Crippen LogP contribution in [0.3, 0.4) is 0 Å². The lowest BCUT2D eigenvalue weighted by Gasteiger charge is -2.32. The van der Waals surface area contributed by atoms with Gasteiger partial charge in [0.1, 0.15) is 0 Å². The first-order valence-electron chi connectivity index (χ1n) is 10.5. The molecule has 2 N–H and O–H groups in total. The van der Waals surface area contributed by atoms with Gasteiger partial charge in [-0.2, -0.15) is 9.41 Å². The molecule has 2 fully saturated rings. The van der Waals surface area contributed by atoms with Gasteiger partial charge in [0.2, 0.25) is 10.0 Å². The second kappa shape index (κ2) is 9.36. The summed E-state index contributed by atoms with van der Waals surface area (Å²) >= 11 is 0.